The lowest BCUT2D eigenvalue weighted by Gasteiger charge is -2.01. The average molecular weight is 122 g/mol. The van der Waals surface area contributed by atoms with Crippen LogP contribution in [0.5, 0.6) is 0 Å². The molecule has 0 aliphatic carbocycles. The lowest BCUT2D eigenvalue weighted by Crippen LogP contribution is -2.07. The largest absolute Gasteiger partial charge is 0.366 e. The quantitative estimate of drug-likeness (QED) is 0.251. The van der Waals surface area contributed by atoms with Crippen LogP contribution in [0.25, 0.3) is 0 Å². The van der Waals surface area contributed by atoms with Gasteiger partial charge in [0.15, 0.2) is 6.29 Å². The smallest absolute Gasteiger partial charge is 0.188 e. The van der Waals surface area contributed by atoms with Crippen LogP contribution in [0.4, 0.5) is 0 Å². The third-order valence-electron chi connectivity index (χ3n) is 0.345. The van der Waals surface area contributed by atoms with Crippen molar-refractivity contribution < 1.29 is 19.9 Å². The molecule has 0 aromatic rings. The van der Waals surface area contributed by atoms with E-state index < -0.39 is 6.29 Å². The summed E-state index contributed by atoms with van der Waals surface area (Å²) in [5.41, 5.74) is 0. The molecule has 0 spiro atoms. The van der Waals surface area contributed by atoms with Gasteiger partial charge in [-0.1, -0.05) is 5.04 Å². The lowest BCUT2D eigenvalue weighted by atomic mass is 10.8. The van der Waals surface area contributed by atoms with Gasteiger partial charge in [0.2, 0.25) is 0 Å². The Hall–Kier alpha value is -0.160. The van der Waals surface area contributed by atoms with Crippen LogP contribution in [0.3, 0.4) is 0 Å². The van der Waals surface area contributed by atoms with Crippen LogP contribution >= 0.6 is 0 Å². The SMILES string of the molecule is CCOOOC(C)O. The van der Waals surface area contributed by atoms with Gasteiger partial charge < -0.3 is 5.11 Å². The van der Waals surface area contributed by atoms with E-state index in [9.17, 15) is 0 Å². The predicted molar refractivity (Wildman–Crippen MR) is 25.5 cm³/mol. The zero-order valence-corrected chi connectivity index (χ0v) is 4.96. The molecule has 4 heteroatoms. The van der Waals surface area contributed by atoms with Gasteiger partial charge in [-0.2, -0.15) is 4.89 Å². The summed E-state index contributed by atoms with van der Waals surface area (Å²) in [6.45, 7) is 3.55. The van der Waals surface area contributed by atoms with Gasteiger partial charge in [0.25, 0.3) is 0 Å². The zero-order chi connectivity index (χ0) is 6.41. The van der Waals surface area contributed by atoms with Crippen molar-refractivity contribution in [1.82, 2.24) is 0 Å². The summed E-state index contributed by atoms with van der Waals surface area (Å²) < 4.78 is 0. The van der Waals surface area contributed by atoms with E-state index in [0.29, 0.717) is 6.61 Å². The summed E-state index contributed by atoms with van der Waals surface area (Å²) in [6, 6.07) is 0. The Morgan fingerprint density at radius 2 is 2.25 bits per heavy atom. The number of aliphatic hydroxyl groups excluding tert-OH is 1. The van der Waals surface area contributed by atoms with Crippen LogP contribution in [0.1, 0.15) is 13.8 Å². The summed E-state index contributed by atoms with van der Waals surface area (Å²) in [7, 11) is 0. The molecule has 0 bridgehead atoms. The maximum Gasteiger partial charge on any atom is 0.188 e. The summed E-state index contributed by atoms with van der Waals surface area (Å²) in [4.78, 5) is 8.38. The molecule has 0 rings (SSSR count). The number of rotatable bonds is 4. The molecule has 50 valence electrons. The Bertz CT molecular complexity index is 45.3. The van der Waals surface area contributed by atoms with Crippen molar-refractivity contribution in [3.8, 4) is 0 Å². The Kier molecular flexibility index (Phi) is 4.89. The van der Waals surface area contributed by atoms with Crippen molar-refractivity contribution in [2.45, 2.75) is 20.1 Å². The highest BCUT2D eigenvalue weighted by Crippen LogP contribution is 1.85. The predicted octanol–water partition coefficient (Wildman–Crippen LogP) is 0.224. The fraction of sp³-hybridized carbons (Fsp3) is 1.00. The van der Waals surface area contributed by atoms with Crippen molar-refractivity contribution >= 4 is 0 Å². The van der Waals surface area contributed by atoms with Crippen LogP contribution in [0.2, 0.25) is 0 Å². The Morgan fingerprint density at radius 1 is 1.62 bits per heavy atom. The zero-order valence-electron chi connectivity index (χ0n) is 4.96. The normalized spacial score (nSPS) is 13.9. The molecule has 8 heavy (non-hydrogen) atoms. The lowest BCUT2D eigenvalue weighted by molar-refractivity contribution is -0.541. The average Bonchev–Trinajstić information content (AvgIpc) is 1.66. The van der Waals surface area contributed by atoms with Crippen molar-refractivity contribution in [2.24, 2.45) is 0 Å². The van der Waals surface area contributed by atoms with E-state index in [1.807, 2.05) is 0 Å². The highest BCUT2D eigenvalue weighted by molar-refractivity contribution is 4.07. The van der Waals surface area contributed by atoms with Crippen molar-refractivity contribution in [1.29, 1.82) is 0 Å². The van der Waals surface area contributed by atoms with Crippen LogP contribution in [0.15, 0.2) is 0 Å². The van der Waals surface area contributed by atoms with Crippen LogP contribution in [-0.2, 0) is 14.8 Å². The molecular formula is C4H10O4. The molecule has 0 amide bonds. The maximum absolute atomic E-state index is 8.35. The molecule has 0 aliphatic heterocycles. The Balaban J connectivity index is 2.72. The highest BCUT2D eigenvalue weighted by Gasteiger charge is 1.92. The second-order valence-electron chi connectivity index (χ2n) is 1.17. The van der Waals surface area contributed by atoms with E-state index in [4.69, 9.17) is 5.11 Å². The first-order chi connectivity index (χ1) is 3.77. The number of hydrogen-bond donors (Lipinski definition) is 1. The van der Waals surface area contributed by atoms with E-state index in [0.717, 1.165) is 0 Å². The second-order valence-corrected chi connectivity index (χ2v) is 1.17. The Morgan fingerprint density at radius 3 is 2.62 bits per heavy atom. The first kappa shape index (κ1) is 7.84. The standard InChI is InChI=1S/C4H10O4/c1-3-6-8-7-4(2)5/h4-5H,3H2,1-2H3. The van der Waals surface area contributed by atoms with Crippen molar-refractivity contribution in [3.05, 3.63) is 0 Å². The van der Waals surface area contributed by atoms with E-state index in [2.05, 4.69) is 14.8 Å². The van der Waals surface area contributed by atoms with Gasteiger partial charge in [0, 0.05) is 0 Å². The van der Waals surface area contributed by atoms with Gasteiger partial charge in [-0.05, 0) is 13.8 Å². The minimum Gasteiger partial charge on any atom is -0.366 e. The molecule has 0 radical (unpaired) electrons. The third-order valence-corrected chi connectivity index (χ3v) is 0.345. The van der Waals surface area contributed by atoms with E-state index in [-0.39, 0.29) is 0 Å². The fourth-order valence-electron chi connectivity index (χ4n) is 0.133. The van der Waals surface area contributed by atoms with Crippen molar-refractivity contribution in [2.75, 3.05) is 6.61 Å². The molecule has 1 N–H and O–H groups in total. The fourth-order valence-corrected chi connectivity index (χ4v) is 0.133. The molecule has 0 fully saturated rings. The molecule has 1 unspecified atom stereocenters. The summed E-state index contributed by atoms with van der Waals surface area (Å²) in [6.07, 6.45) is -0.943. The number of aliphatic hydroxyl groups is 1. The van der Waals surface area contributed by atoms with Gasteiger partial charge in [0.1, 0.15) is 0 Å². The van der Waals surface area contributed by atoms with E-state index in [1.165, 1.54) is 6.92 Å². The molecule has 0 aliphatic rings. The molecule has 0 saturated heterocycles. The Labute approximate surface area is 47.8 Å². The molecular weight excluding hydrogens is 112 g/mol. The monoisotopic (exact) mass is 122 g/mol. The van der Waals surface area contributed by atoms with Gasteiger partial charge in [-0.15, -0.1) is 0 Å². The van der Waals surface area contributed by atoms with Crippen molar-refractivity contribution in [3.63, 3.8) is 0 Å². The van der Waals surface area contributed by atoms with Gasteiger partial charge in [0.05, 0.1) is 6.61 Å². The van der Waals surface area contributed by atoms with Crippen LogP contribution in [-0.4, -0.2) is 18.0 Å². The maximum atomic E-state index is 8.35. The molecule has 0 aromatic carbocycles. The third kappa shape index (κ3) is 5.84. The molecule has 0 saturated carbocycles. The molecule has 0 heterocycles. The minimum atomic E-state index is -0.943. The second kappa shape index (κ2) is 4.99. The summed E-state index contributed by atoms with van der Waals surface area (Å²) >= 11 is 0. The summed E-state index contributed by atoms with van der Waals surface area (Å²) in [5, 5.41) is 12.3. The first-order valence-electron chi connectivity index (χ1n) is 2.40. The van der Waals surface area contributed by atoms with Crippen LogP contribution in [0, 0.1) is 0 Å². The molecule has 0 aromatic heterocycles. The highest BCUT2D eigenvalue weighted by atomic mass is 17.5. The number of hydrogen-bond acceptors (Lipinski definition) is 4. The minimum absolute atomic E-state index is 0.396. The van der Waals surface area contributed by atoms with E-state index >= 15 is 0 Å². The van der Waals surface area contributed by atoms with Gasteiger partial charge >= 0.3 is 0 Å². The van der Waals surface area contributed by atoms with Gasteiger partial charge in [-0.25, -0.2) is 4.89 Å². The topological polar surface area (TPSA) is 47.9 Å². The molecule has 1 atom stereocenters. The van der Waals surface area contributed by atoms with Crippen LogP contribution < -0.4 is 0 Å². The first-order valence-corrected chi connectivity index (χ1v) is 2.40. The van der Waals surface area contributed by atoms with E-state index in [1.54, 1.807) is 6.92 Å². The summed E-state index contributed by atoms with van der Waals surface area (Å²) in [5.74, 6) is 0. The molecule has 4 nitrogen and oxygen atoms in total. The van der Waals surface area contributed by atoms with Gasteiger partial charge in [-0.3, -0.25) is 0 Å².